The predicted octanol–water partition coefficient (Wildman–Crippen LogP) is 7.35. The third-order valence-electron chi connectivity index (χ3n) is 5.99. The van der Waals surface area contributed by atoms with Crippen LogP contribution in [0.25, 0.3) is 34.2 Å². The second kappa shape index (κ2) is 9.47. The van der Waals surface area contributed by atoms with E-state index in [9.17, 15) is 0 Å². The molecule has 0 saturated heterocycles. The van der Waals surface area contributed by atoms with Crippen molar-refractivity contribution in [3.63, 3.8) is 0 Å². The average molecular weight is 425 g/mol. The molecule has 2 aromatic carbocycles. The molecule has 2 aromatic heterocycles. The molecule has 0 aliphatic heterocycles. The van der Waals surface area contributed by atoms with Crippen LogP contribution in [-0.4, -0.2) is 19.5 Å². The number of allylic oxidation sites excluding steroid dienone is 1. The molecule has 0 saturated carbocycles. The molecular weight excluding hydrogens is 392 g/mol. The minimum absolute atomic E-state index is 0.199. The second-order valence-corrected chi connectivity index (χ2v) is 9.38. The van der Waals surface area contributed by atoms with Gasteiger partial charge in [0.05, 0.1) is 0 Å². The lowest BCUT2D eigenvalue weighted by Gasteiger charge is -2.28. The van der Waals surface area contributed by atoms with Crippen LogP contribution in [0.5, 0.6) is 0 Å². The maximum absolute atomic E-state index is 5.05. The highest BCUT2D eigenvalue weighted by molar-refractivity contribution is 5.89. The van der Waals surface area contributed by atoms with E-state index in [4.69, 9.17) is 4.98 Å². The van der Waals surface area contributed by atoms with Crippen molar-refractivity contribution >= 4 is 17.2 Å². The summed E-state index contributed by atoms with van der Waals surface area (Å²) in [6.45, 7) is 9.20. The topological polar surface area (TPSA) is 43.6 Å². The van der Waals surface area contributed by atoms with Gasteiger partial charge in [-0.2, -0.15) is 0 Å². The van der Waals surface area contributed by atoms with Crippen LogP contribution < -0.4 is 0 Å². The minimum atomic E-state index is 0.199. The van der Waals surface area contributed by atoms with Crippen molar-refractivity contribution in [1.29, 1.82) is 0 Å². The normalized spacial score (nSPS) is 13.1. The van der Waals surface area contributed by atoms with Gasteiger partial charge in [-0.05, 0) is 36.0 Å². The van der Waals surface area contributed by atoms with Crippen molar-refractivity contribution < 1.29 is 0 Å². The minimum Gasteiger partial charge on any atom is -0.277 e. The summed E-state index contributed by atoms with van der Waals surface area (Å²) in [5.41, 5.74) is 4.80. The van der Waals surface area contributed by atoms with Gasteiger partial charge in [-0.3, -0.25) is 4.57 Å². The number of rotatable bonds is 7. The summed E-state index contributed by atoms with van der Waals surface area (Å²) in [6, 6.07) is 20.5. The summed E-state index contributed by atoms with van der Waals surface area (Å²) in [5, 5.41) is 0. The summed E-state index contributed by atoms with van der Waals surface area (Å²) in [6.07, 6.45) is 9.76. The maximum atomic E-state index is 5.05. The highest BCUT2D eigenvalue weighted by Gasteiger charge is 2.22. The maximum Gasteiger partial charge on any atom is 0.168 e. The van der Waals surface area contributed by atoms with Crippen molar-refractivity contribution in [2.75, 3.05) is 0 Å². The van der Waals surface area contributed by atoms with Gasteiger partial charge < -0.3 is 0 Å². The molecule has 4 aromatic rings. The Morgan fingerprint density at radius 2 is 1.62 bits per heavy atom. The third-order valence-corrected chi connectivity index (χ3v) is 5.99. The zero-order chi connectivity index (χ0) is 22.6. The van der Waals surface area contributed by atoms with Gasteiger partial charge in [0.1, 0.15) is 23.4 Å². The Bertz CT molecular complexity index is 1180. The fourth-order valence-corrected chi connectivity index (χ4v) is 4.10. The Balaban J connectivity index is 1.88. The summed E-state index contributed by atoms with van der Waals surface area (Å²) in [7, 11) is 0. The molecule has 1 atom stereocenters. The average Bonchev–Trinajstić information content (AvgIpc) is 3.18. The molecule has 4 heteroatoms. The first kappa shape index (κ1) is 21.9. The largest absolute Gasteiger partial charge is 0.277 e. The lowest BCUT2D eigenvalue weighted by atomic mass is 9.77. The van der Waals surface area contributed by atoms with Crippen molar-refractivity contribution in [1.82, 2.24) is 19.5 Å². The molecule has 0 radical (unpaired) electrons. The number of hydrogen-bond donors (Lipinski definition) is 0. The van der Waals surface area contributed by atoms with E-state index in [-0.39, 0.29) is 5.41 Å². The molecule has 0 spiro atoms. The fourth-order valence-electron chi connectivity index (χ4n) is 4.10. The van der Waals surface area contributed by atoms with Crippen molar-refractivity contribution in [2.45, 2.75) is 47.0 Å². The van der Waals surface area contributed by atoms with E-state index in [1.165, 1.54) is 19.3 Å². The van der Waals surface area contributed by atoms with E-state index in [0.717, 1.165) is 33.9 Å². The van der Waals surface area contributed by atoms with Gasteiger partial charge in [-0.1, -0.05) is 95.1 Å². The highest BCUT2D eigenvalue weighted by atomic mass is 15.1. The Labute approximate surface area is 191 Å². The predicted molar refractivity (Wildman–Crippen MR) is 134 cm³/mol. The summed E-state index contributed by atoms with van der Waals surface area (Å²) < 4.78 is 2.14. The van der Waals surface area contributed by atoms with Crippen molar-refractivity contribution in [2.24, 2.45) is 11.3 Å². The molecule has 2 heterocycles. The Morgan fingerprint density at radius 1 is 0.938 bits per heavy atom. The SMILES string of the molecule is CCCCC(/C=C/c1nc2c(-c3ccccc3)ncnc2n1-c1ccccc1)C(C)(C)C. The number of hydrogen-bond acceptors (Lipinski definition) is 3. The molecule has 1 unspecified atom stereocenters. The number of aromatic nitrogens is 4. The van der Waals surface area contributed by atoms with Crippen LogP contribution in [0.3, 0.4) is 0 Å². The second-order valence-electron chi connectivity index (χ2n) is 9.38. The van der Waals surface area contributed by atoms with Crippen LogP contribution in [0.4, 0.5) is 0 Å². The van der Waals surface area contributed by atoms with E-state index < -0.39 is 0 Å². The van der Waals surface area contributed by atoms with Gasteiger partial charge in [-0.25, -0.2) is 15.0 Å². The van der Waals surface area contributed by atoms with Crippen molar-refractivity contribution in [3.8, 4) is 16.9 Å². The number of nitrogens with zero attached hydrogens (tertiary/aromatic N) is 4. The summed E-state index contributed by atoms with van der Waals surface area (Å²) in [5.74, 6) is 1.36. The lowest BCUT2D eigenvalue weighted by Crippen LogP contribution is -2.18. The Kier molecular flexibility index (Phi) is 6.50. The molecule has 164 valence electrons. The molecule has 0 N–H and O–H groups in total. The Morgan fingerprint density at radius 3 is 2.28 bits per heavy atom. The molecule has 4 nitrogen and oxygen atoms in total. The number of fused-ring (bicyclic) bond motifs is 1. The standard InChI is InChI=1S/C28H32N4/c1-5-6-15-22(28(2,3)4)18-19-24-31-26-25(21-13-9-7-10-14-21)29-20-30-27(26)32(24)23-16-11-8-12-17-23/h7-14,16-20,22H,5-6,15H2,1-4H3/b19-18+. The number of imidazole rings is 1. The molecule has 32 heavy (non-hydrogen) atoms. The van der Waals surface area contributed by atoms with Gasteiger partial charge in [0.15, 0.2) is 5.65 Å². The molecule has 0 aliphatic carbocycles. The Hall–Kier alpha value is -3.27. The summed E-state index contributed by atoms with van der Waals surface area (Å²) >= 11 is 0. The van der Waals surface area contributed by atoms with Gasteiger partial charge >= 0.3 is 0 Å². The molecule has 0 amide bonds. The molecule has 0 aliphatic rings. The number of benzene rings is 2. The fraction of sp³-hybridized carbons (Fsp3) is 0.321. The van der Waals surface area contributed by atoms with Crippen LogP contribution in [-0.2, 0) is 0 Å². The van der Waals surface area contributed by atoms with Crippen molar-refractivity contribution in [3.05, 3.63) is 78.9 Å². The first-order valence-corrected chi connectivity index (χ1v) is 11.5. The van der Waals surface area contributed by atoms with Gasteiger partial charge in [0.25, 0.3) is 0 Å². The van der Waals surface area contributed by atoms with Crippen LogP contribution >= 0.6 is 0 Å². The third kappa shape index (κ3) is 4.64. The monoisotopic (exact) mass is 424 g/mol. The smallest absolute Gasteiger partial charge is 0.168 e. The lowest BCUT2D eigenvalue weighted by molar-refractivity contribution is 0.274. The first-order valence-electron chi connectivity index (χ1n) is 11.5. The zero-order valence-electron chi connectivity index (χ0n) is 19.5. The van der Waals surface area contributed by atoms with E-state index in [0.29, 0.717) is 5.92 Å². The number of unbranched alkanes of at least 4 members (excludes halogenated alkanes) is 1. The van der Waals surface area contributed by atoms with Gasteiger partial charge in [0.2, 0.25) is 0 Å². The van der Waals surface area contributed by atoms with E-state index in [1.807, 2.05) is 36.4 Å². The summed E-state index contributed by atoms with van der Waals surface area (Å²) in [4.78, 5) is 14.3. The van der Waals surface area contributed by atoms with Crippen LogP contribution in [0.15, 0.2) is 73.1 Å². The quantitative estimate of drug-likeness (QED) is 0.311. The zero-order valence-corrected chi connectivity index (χ0v) is 19.5. The van der Waals surface area contributed by atoms with Crippen LogP contribution in [0.2, 0.25) is 0 Å². The molecule has 0 bridgehead atoms. The van der Waals surface area contributed by atoms with E-state index in [1.54, 1.807) is 6.33 Å². The molecular formula is C28H32N4. The highest BCUT2D eigenvalue weighted by Crippen LogP contribution is 2.33. The van der Waals surface area contributed by atoms with Crippen LogP contribution in [0.1, 0.15) is 52.8 Å². The number of para-hydroxylation sites is 1. The molecule has 4 rings (SSSR count). The molecule has 0 fully saturated rings. The van der Waals surface area contributed by atoms with Gasteiger partial charge in [0, 0.05) is 11.3 Å². The van der Waals surface area contributed by atoms with E-state index in [2.05, 4.69) is 78.6 Å². The van der Waals surface area contributed by atoms with Gasteiger partial charge in [-0.15, -0.1) is 0 Å². The van der Waals surface area contributed by atoms with E-state index >= 15 is 0 Å². The van der Waals surface area contributed by atoms with Crippen LogP contribution in [0, 0.1) is 11.3 Å². The first-order chi connectivity index (χ1) is 15.5.